The van der Waals surface area contributed by atoms with Gasteiger partial charge >= 0.3 is 0 Å². The minimum Gasteiger partial charge on any atom is -0.486 e. The van der Waals surface area contributed by atoms with Crippen LogP contribution in [0.2, 0.25) is 0 Å². The van der Waals surface area contributed by atoms with Gasteiger partial charge in [-0.1, -0.05) is 0 Å². The maximum absolute atomic E-state index is 5.87. The second-order valence-electron chi connectivity index (χ2n) is 3.83. The molecule has 1 aromatic rings. The number of rotatable bonds is 5. The van der Waals surface area contributed by atoms with Crippen molar-refractivity contribution in [3.63, 3.8) is 0 Å². The molecule has 0 spiro atoms. The van der Waals surface area contributed by atoms with Gasteiger partial charge in [-0.25, -0.2) is 0 Å². The normalized spacial score (nSPS) is 15.6. The molecular weight excluding hydrogens is 238 g/mol. The summed E-state index contributed by atoms with van der Waals surface area (Å²) in [6.45, 7) is 1.82. The first-order chi connectivity index (χ1) is 8.29. The largest absolute Gasteiger partial charge is 0.486 e. The fourth-order valence-corrected chi connectivity index (χ4v) is 2.44. The lowest BCUT2D eigenvalue weighted by molar-refractivity contribution is 0.171. The molecule has 0 radical (unpaired) electrons. The second-order valence-corrected chi connectivity index (χ2v) is 4.93. The zero-order chi connectivity index (χ0) is 12.1. The van der Waals surface area contributed by atoms with Gasteiger partial charge in [0.15, 0.2) is 11.5 Å². The third kappa shape index (κ3) is 3.52. The van der Waals surface area contributed by atoms with Gasteiger partial charge in [0.1, 0.15) is 13.2 Å². The van der Waals surface area contributed by atoms with Crippen LogP contribution in [0.4, 0.5) is 0 Å². The lowest BCUT2D eigenvalue weighted by atomic mass is 10.3. The Morgan fingerprint density at radius 1 is 1.35 bits per heavy atom. The molecule has 1 unspecified atom stereocenters. The summed E-state index contributed by atoms with van der Waals surface area (Å²) >= 11 is 1.70. The topological polar surface area (TPSA) is 53.7 Å². The monoisotopic (exact) mass is 255 g/mol. The van der Waals surface area contributed by atoms with Crippen LogP contribution in [0.3, 0.4) is 0 Å². The van der Waals surface area contributed by atoms with Gasteiger partial charge in [-0.3, -0.25) is 0 Å². The lowest BCUT2D eigenvalue weighted by Gasteiger charge is -2.19. The Kier molecular flexibility index (Phi) is 4.53. The van der Waals surface area contributed by atoms with Crippen molar-refractivity contribution >= 4 is 11.8 Å². The standard InChI is InChI=1S/C12H17NO3S/c1-14-7-9(13)8-17-10-2-3-11-12(6-10)16-5-4-15-11/h2-3,6,9H,4-5,7-8,13H2,1H3. The van der Waals surface area contributed by atoms with E-state index in [1.165, 1.54) is 0 Å². The highest BCUT2D eigenvalue weighted by Crippen LogP contribution is 2.34. The molecule has 17 heavy (non-hydrogen) atoms. The first-order valence-electron chi connectivity index (χ1n) is 5.56. The van der Waals surface area contributed by atoms with Crippen molar-refractivity contribution in [2.45, 2.75) is 10.9 Å². The van der Waals surface area contributed by atoms with Crippen LogP contribution in [0.1, 0.15) is 0 Å². The van der Waals surface area contributed by atoms with Crippen LogP contribution < -0.4 is 15.2 Å². The molecule has 1 aromatic carbocycles. The molecule has 0 amide bonds. The first kappa shape index (κ1) is 12.5. The van der Waals surface area contributed by atoms with E-state index in [-0.39, 0.29) is 6.04 Å². The number of hydrogen-bond acceptors (Lipinski definition) is 5. The van der Waals surface area contributed by atoms with E-state index >= 15 is 0 Å². The summed E-state index contributed by atoms with van der Waals surface area (Å²) in [6, 6.07) is 6.02. The number of hydrogen-bond donors (Lipinski definition) is 1. The number of ether oxygens (including phenoxy) is 3. The van der Waals surface area contributed by atoms with E-state index in [4.69, 9.17) is 19.9 Å². The molecule has 2 rings (SSSR count). The van der Waals surface area contributed by atoms with Crippen LogP contribution in [-0.2, 0) is 4.74 Å². The summed E-state index contributed by atoms with van der Waals surface area (Å²) in [5.41, 5.74) is 5.87. The minimum absolute atomic E-state index is 0.0539. The van der Waals surface area contributed by atoms with Crippen LogP contribution >= 0.6 is 11.8 Å². The predicted molar refractivity (Wildman–Crippen MR) is 68.0 cm³/mol. The Balaban J connectivity index is 1.93. The molecule has 0 bridgehead atoms. The number of nitrogens with two attached hydrogens (primary N) is 1. The van der Waals surface area contributed by atoms with Gasteiger partial charge in [-0.05, 0) is 18.2 Å². The van der Waals surface area contributed by atoms with Crippen molar-refractivity contribution in [3.8, 4) is 11.5 Å². The van der Waals surface area contributed by atoms with Crippen molar-refractivity contribution in [2.75, 3.05) is 32.7 Å². The molecule has 1 aliphatic rings. The fourth-order valence-electron chi connectivity index (χ4n) is 1.58. The number of fused-ring (bicyclic) bond motifs is 1. The smallest absolute Gasteiger partial charge is 0.162 e. The van der Waals surface area contributed by atoms with Gasteiger partial charge in [-0.15, -0.1) is 11.8 Å². The minimum atomic E-state index is 0.0539. The van der Waals surface area contributed by atoms with E-state index < -0.39 is 0 Å². The Morgan fingerprint density at radius 2 is 2.12 bits per heavy atom. The molecule has 1 aliphatic heterocycles. The Morgan fingerprint density at radius 3 is 2.88 bits per heavy atom. The molecule has 0 saturated heterocycles. The van der Waals surface area contributed by atoms with E-state index in [0.717, 1.165) is 22.1 Å². The summed E-state index contributed by atoms with van der Waals surface area (Å²) in [5.74, 6) is 2.47. The number of benzene rings is 1. The lowest BCUT2D eigenvalue weighted by Crippen LogP contribution is -2.28. The molecule has 1 atom stereocenters. The predicted octanol–water partition coefficient (Wildman–Crippen LogP) is 1.52. The highest BCUT2D eigenvalue weighted by Gasteiger charge is 2.12. The molecule has 0 aromatic heterocycles. The summed E-state index contributed by atoms with van der Waals surface area (Å²) in [6.07, 6.45) is 0. The van der Waals surface area contributed by atoms with Crippen molar-refractivity contribution < 1.29 is 14.2 Å². The average molecular weight is 255 g/mol. The fraction of sp³-hybridized carbons (Fsp3) is 0.500. The van der Waals surface area contributed by atoms with Crippen LogP contribution in [-0.4, -0.2) is 38.7 Å². The zero-order valence-corrected chi connectivity index (χ0v) is 10.7. The number of methoxy groups -OCH3 is 1. The molecule has 94 valence electrons. The molecule has 0 saturated carbocycles. The van der Waals surface area contributed by atoms with E-state index in [1.807, 2.05) is 18.2 Å². The van der Waals surface area contributed by atoms with E-state index in [2.05, 4.69) is 0 Å². The quantitative estimate of drug-likeness (QED) is 0.809. The molecule has 0 fully saturated rings. The SMILES string of the molecule is COCC(N)CSc1ccc2c(c1)OCCO2. The van der Waals surface area contributed by atoms with Crippen LogP contribution in [0.15, 0.2) is 23.1 Å². The van der Waals surface area contributed by atoms with Crippen LogP contribution in [0.5, 0.6) is 11.5 Å². The molecule has 4 nitrogen and oxygen atoms in total. The van der Waals surface area contributed by atoms with Crippen molar-refractivity contribution in [2.24, 2.45) is 5.73 Å². The molecule has 1 heterocycles. The molecule has 5 heteroatoms. The van der Waals surface area contributed by atoms with E-state index in [0.29, 0.717) is 19.8 Å². The number of thioether (sulfide) groups is 1. The van der Waals surface area contributed by atoms with Crippen LogP contribution in [0.25, 0.3) is 0 Å². The Hall–Kier alpha value is -0.910. The van der Waals surface area contributed by atoms with Crippen molar-refractivity contribution in [1.82, 2.24) is 0 Å². The Bertz CT molecular complexity index is 373. The van der Waals surface area contributed by atoms with Gasteiger partial charge in [0.25, 0.3) is 0 Å². The van der Waals surface area contributed by atoms with E-state index in [9.17, 15) is 0 Å². The van der Waals surface area contributed by atoms with E-state index in [1.54, 1.807) is 18.9 Å². The van der Waals surface area contributed by atoms with Gasteiger partial charge in [0, 0.05) is 23.8 Å². The maximum atomic E-state index is 5.87. The van der Waals surface area contributed by atoms with Crippen molar-refractivity contribution in [1.29, 1.82) is 0 Å². The third-order valence-corrected chi connectivity index (χ3v) is 3.54. The maximum Gasteiger partial charge on any atom is 0.162 e. The third-order valence-electron chi connectivity index (χ3n) is 2.36. The summed E-state index contributed by atoms with van der Waals surface area (Å²) in [4.78, 5) is 1.14. The second kappa shape index (κ2) is 6.14. The summed E-state index contributed by atoms with van der Waals surface area (Å²) in [5, 5.41) is 0. The highest BCUT2D eigenvalue weighted by atomic mass is 32.2. The first-order valence-corrected chi connectivity index (χ1v) is 6.55. The Labute approximate surface area is 105 Å². The van der Waals surface area contributed by atoms with Crippen LogP contribution in [0, 0.1) is 0 Å². The summed E-state index contributed by atoms with van der Waals surface area (Å²) < 4.78 is 16.0. The molecular formula is C12H17NO3S. The van der Waals surface area contributed by atoms with Gasteiger partial charge < -0.3 is 19.9 Å². The van der Waals surface area contributed by atoms with Gasteiger partial charge in [-0.2, -0.15) is 0 Å². The zero-order valence-electron chi connectivity index (χ0n) is 9.85. The molecule has 2 N–H and O–H groups in total. The molecule has 0 aliphatic carbocycles. The summed E-state index contributed by atoms with van der Waals surface area (Å²) in [7, 11) is 1.66. The van der Waals surface area contributed by atoms with Crippen molar-refractivity contribution in [3.05, 3.63) is 18.2 Å². The average Bonchev–Trinajstić information content (AvgIpc) is 2.36. The van der Waals surface area contributed by atoms with Gasteiger partial charge in [0.2, 0.25) is 0 Å². The van der Waals surface area contributed by atoms with Gasteiger partial charge in [0.05, 0.1) is 6.61 Å². The highest BCUT2D eigenvalue weighted by molar-refractivity contribution is 7.99.